The highest BCUT2D eigenvalue weighted by molar-refractivity contribution is 7.14. The van der Waals surface area contributed by atoms with Gasteiger partial charge in [-0.2, -0.15) is 4.98 Å². The van der Waals surface area contributed by atoms with Gasteiger partial charge in [-0.3, -0.25) is 0 Å². The summed E-state index contributed by atoms with van der Waals surface area (Å²) in [6, 6.07) is 5.06. The summed E-state index contributed by atoms with van der Waals surface area (Å²) in [7, 11) is 0. The van der Waals surface area contributed by atoms with Gasteiger partial charge in [0.25, 0.3) is 5.89 Å². The highest BCUT2D eigenvalue weighted by Gasteiger charge is 2.13. The number of benzene rings is 1. The Morgan fingerprint density at radius 2 is 1.95 bits per heavy atom. The highest BCUT2D eigenvalue weighted by Crippen LogP contribution is 2.29. The van der Waals surface area contributed by atoms with Crippen molar-refractivity contribution in [1.82, 2.24) is 10.1 Å². The van der Waals surface area contributed by atoms with Gasteiger partial charge in [-0.15, -0.1) is 11.3 Å². The summed E-state index contributed by atoms with van der Waals surface area (Å²) in [5.74, 6) is -0.622. The Bertz CT molecular complexity index is 733. The largest absolute Gasteiger partial charge is 0.390 e. The molecule has 2 N–H and O–H groups in total. The van der Waals surface area contributed by atoms with Crippen molar-refractivity contribution in [2.24, 2.45) is 0 Å². The SMILES string of the molecule is Nc1sccc1-c1nc(Cc2cc(F)cc(F)c2)no1. The number of nitrogen functional groups attached to an aromatic ring is 1. The van der Waals surface area contributed by atoms with Crippen LogP contribution in [0.25, 0.3) is 11.5 Å². The number of halogens is 2. The van der Waals surface area contributed by atoms with E-state index in [4.69, 9.17) is 10.3 Å². The smallest absolute Gasteiger partial charge is 0.260 e. The van der Waals surface area contributed by atoms with Crippen molar-refractivity contribution in [3.63, 3.8) is 0 Å². The fourth-order valence-electron chi connectivity index (χ4n) is 1.83. The maximum Gasteiger partial charge on any atom is 0.260 e. The highest BCUT2D eigenvalue weighted by atomic mass is 32.1. The summed E-state index contributed by atoms with van der Waals surface area (Å²) in [6.45, 7) is 0. The zero-order chi connectivity index (χ0) is 14.1. The van der Waals surface area contributed by atoms with E-state index in [-0.39, 0.29) is 6.42 Å². The van der Waals surface area contributed by atoms with Gasteiger partial charge in [0.1, 0.15) is 11.6 Å². The molecule has 0 unspecified atom stereocenters. The third-order valence-corrected chi connectivity index (χ3v) is 3.42. The molecule has 0 aliphatic carbocycles. The topological polar surface area (TPSA) is 64.9 Å². The Balaban J connectivity index is 1.86. The lowest BCUT2D eigenvalue weighted by molar-refractivity contribution is 0.424. The fourth-order valence-corrected chi connectivity index (χ4v) is 2.46. The summed E-state index contributed by atoms with van der Waals surface area (Å²) in [5, 5.41) is 6.18. The number of hydrogen-bond acceptors (Lipinski definition) is 5. The molecule has 3 rings (SSSR count). The molecule has 4 nitrogen and oxygen atoms in total. The molecule has 0 amide bonds. The summed E-state index contributed by atoms with van der Waals surface area (Å²) in [6.07, 6.45) is 0.183. The minimum absolute atomic E-state index is 0.183. The summed E-state index contributed by atoms with van der Waals surface area (Å²) in [5.41, 5.74) is 6.87. The Hall–Kier alpha value is -2.28. The first kappa shape index (κ1) is 12.7. The monoisotopic (exact) mass is 293 g/mol. The van der Waals surface area contributed by atoms with Crippen molar-refractivity contribution >= 4 is 16.3 Å². The normalized spacial score (nSPS) is 10.9. The van der Waals surface area contributed by atoms with E-state index in [0.29, 0.717) is 27.8 Å². The molecule has 2 heterocycles. The summed E-state index contributed by atoms with van der Waals surface area (Å²) in [4.78, 5) is 4.17. The summed E-state index contributed by atoms with van der Waals surface area (Å²) < 4.78 is 31.3. The molecular formula is C13H9F2N3OS. The Kier molecular flexibility index (Phi) is 3.19. The van der Waals surface area contributed by atoms with Crippen LogP contribution in [-0.2, 0) is 6.42 Å². The first-order valence-corrected chi connectivity index (χ1v) is 6.60. The zero-order valence-corrected chi connectivity index (χ0v) is 11.0. The number of thiophene rings is 1. The zero-order valence-electron chi connectivity index (χ0n) is 10.1. The number of aromatic nitrogens is 2. The molecule has 0 fully saturated rings. The van der Waals surface area contributed by atoms with Gasteiger partial charge in [0.05, 0.1) is 10.6 Å². The van der Waals surface area contributed by atoms with Crippen LogP contribution in [-0.4, -0.2) is 10.1 Å². The van der Waals surface area contributed by atoms with Crippen molar-refractivity contribution in [2.45, 2.75) is 6.42 Å². The van der Waals surface area contributed by atoms with Gasteiger partial charge in [0, 0.05) is 12.5 Å². The molecule has 0 radical (unpaired) electrons. The second kappa shape index (κ2) is 5.01. The van der Waals surface area contributed by atoms with Crippen molar-refractivity contribution in [3.05, 3.63) is 52.7 Å². The Morgan fingerprint density at radius 1 is 1.20 bits per heavy atom. The van der Waals surface area contributed by atoms with Crippen LogP contribution in [0.4, 0.5) is 13.8 Å². The van der Waals surface area contributed by atoms with Gasteiger partial charge < -0.3 is 10.3 Å². The third kappa shape index (κ3) is 2.53. The van der Waals surface area contributed by atoms with Crippen LogP contribution < -0.4 is 5.73 Å². The van der Waals surface area contributed by atoms with Crippen LogP contribution in [0.3, 0.4) is 0 Å². The second-order valence-corrected chi connectivity index (χ2v) is 5.12. The Labute approximate surface area is 116 Å². The number of anilines is 1. The second-order valence-electron chi connectivity index (χ2n) is 4.17. The number of nitrogens with two attached hydrogens (primary N) is 1. The first-order valence-electron chi connectivity index (χ1n) is 5.73. The fraction of sp³-hybridized carbons (Fsp3) is 0.0769. The van der Waals surface area contributed by atoms with Crippen molar-refractivity contribution in [3.8, 4) is 11.5 Å². The minimum atomic E-state index is -0.634. The Morgan fingerprint density at radius 3 is 2.60 bits per heavy atom. The van der Waals surface area contributed by atoms with Gasteiger partial charge in [-0.05, 0) is 29.1 Å². The average Bonchev–Trinajstić information content (AvgIpc) is 2.96. The van der Waals surface area contributed by atoms with Gasteiger partial charge in [0.2, 0.25) is 0 Å². The molecule has 102 valence electrons. The molecule has 0 atom stereocenters. The van der Waals surface area contributed by atoms with Gasteiger partial charge in [0.15, 0.2) is 5.82 Å². The summed E-state index contributed by atoms with van der Waals surface area (Å²) >= 11 is 1.37. The standard InChI is InChI=1S/C13H9F2N3OS/c14-8-3-7(4-9(15)6-8)5-11-17-13(19-18-11)10-1-2-20-12(10)16/h1-4,6H,5,16H2. The minimum Gasteiger partial charge on any atom is -0.390 e. The van der Waals surface area contributed by atoms with Gasteiger partial charge >= 0.3 is 0 Å². The lowest BCUT2D eigenvalue weighted by Crippen LogP contribution is -1.93. The molecule has 7 heteroatoms. The molecule has 2 aromatic heterocycles. The molecule has 0 saturated heterocycles. The predicted molar refractivity (Wildman–Crippen MR) is 71.2 cm³/mol. The quantitative estimate of drug-likeness (QED) is 0.805. The van der Waals surface area contributed by atoms with E-state index < -0.39 is 11.6 Å². The van der Waals surface area contributed by atoms with Crippen LogP contribution in [0.2, 0.25) is 0 Å². The molecule has 3 aromatic rings. The van der Waals surface area contributed by atoms with E-state index in [1.807, 2.05) is 5.38 Å². The average molecular weight is 293 g/mol. The molecular weight excluding hydrogens is 284 g/mol. The van der Waals surface area contributed by atoms with E-state index in [1.54, 1.807) is 6.07 Å². The molecule has 0 bridgehead atoms. The number of hydrogen-bond donors (Lipinski definition) is 1. The van der Waals surface area contributed by atoms with Gasteiger partial charge in [-0.1, -0.05) is 5.16 Å². The van der Waals surface area contributed by atoms with E-state index in [2.05, 4.69) is 10.1 Å². The van der Waals surface area contributed by atoms with Crippen molar-refractivity contribution in [2.75, 3.05) is 5.73 Å². The number of rotatable bonds is 3. The van der Waals surface area contributed by atoms with Crippen LogP contribution in [0, 0.1) is 11.6 Å². The molecule has 0 saturated carbocycles. The lowest BCUT2D eigenvalue weighted by Gasteiger charge is -1.97. The molecule has 0 spiro atoms. The van der Waals surface area contributed by atoms with Crippen LogP contribution in [0.1, 0.15) is 11.4 Å². The molecule has 1 aromatic carbocycles. The maximum atomic E-state index is 13.1. The third-order valence-electron chi connectivity index (χ3n) is 2.68. The molecule has 20 heavy (non-hydrogen) atoms. The lowest BCUT2D eigenvalue weighted by atomic mass is 10.1. The van der Waals surface area contributed by atoms with Crippen LogP contribution in [0.15, 0.2) is 34.2 Å². The van der Waals surface area contributed by atoms with Gasteiger partial charge in [-0.25, -0.2) is 8.78 Å². The van der Waals surface area contributed by atoms with Crippen molar-refractivity contribution in [1.29, 1.82) is 0 Å². The molecule has 0 aliphatic heterocycles. The van der Waals surface area contributed by atoms with E-state index in [9.17, 15) is 8.78 Å². The van der Waals surface area contributed by atoms with E-state index >= 15 is 0 Å². The van der Waals surface area contributed by atoms with E-state index in [1.165, 1.54) is 23.5 Å². The number of nitrogens with zero attached hydrogens (tertiary/aromatic N) is 2. The molecule has 0 aliphatic rings. The van der Waals surface area contributed by atoms with Crippen molar-refractivity contribution < 1.29 is 13.3 Å². The van der Waals surface area contributed by atoms with Crippen LogP contribution in [0.5, 0.6) is 0 Å². The first-order chi connectivity index (χ1) is 9.61. The van der Waals surface area contributed by atoms with E-state index in [0.717, 1.165) is 6.07 Å². The maximum absolute atomic E-state index is 13.1. The predicted octanol–water partition coefficient (Wildman–Crippen LogP) is 3.25. The van der Waals surface area contributed by atoms with Crippen LogP contribution >= 0.6 is 11.3 Å².